The van der Waals surface area contributed by atoms with Crippen molar-refractivity contribution >= 4 is 17.4 Å². The molecule has 0 fully saturated rings. The lowest BCUT2D eigenvalue weighted by molar-refractivity contribution is -0.124. The fourth-order valence-electron chi connectivity index (χ4n) is 1.97. The monoisotopic (exact) mass is 267 g/mol. The van der Waals surface area contributed by atoms with Gasteiger partial charge in [-0.2, -0.15) is 0 Å². The van der Waals surface area contributed by atoms with Crippen LogP contribution < -0.4 is 5.32 Å². The quantitative estimate of drug-likeness (QED) is 0.846. The first-order valence-corrected chi connectivity index (χ1v) is 6.55. The highest BCUT2D eigenvalue weighted by Gasteiger charge is 2.05. The smallest absolute Gasteiger partial charge is 0.231 e. The first-order chi connectivity index (χ1) is 9.63. The van der Waals surface area contributed by atoms with Crippen molar-refractivity contribution in [1.29, 1.82) is 0 Å². The Morgan fingerprint density at radius 1 is 0.900 bits per heavy atom. The Hall–Kier alpha value is -2.42. The fourth-order valence-corrected chi connectivity index (χ4v) is 1.97. The molecule has 0 radical (unpaired) electrons. The number of nitrogens with one attached hydrogen (secondary N) is 1. The molecule has 0 aliphatic rings. The number of Topliss-reactive ketones (excluding diaryl/α,β-unsaturated/α-hetero) is 1. The second-order valence-electron chi connectivity index (χ2n) is 4.79. The number of hydrogen-bond acceptors (Lipinski definition) is 2. The molecule has 20 heavy (non-hydrogen) atoms. The molecule has 2 rings (SSSR count). The number of carbonyl (C=O) groups excluding carboxylic acids is 2. The van der Waals surface area contributed by atoms with Crippen molar-refractivity contribution in [2.75, 3.05) is 5.32 Å². The topological polar surface area (TPSA) is 46.2 Å². The molecule has 0 heterocycles. The molecule has 2 aromatic rings. The number of carbonyl (C=O) groups is 2. The van der Waals surface area contributed by atoms with Crippen LogP contribution in [0.15, 0.2) is 54.6 Å². The van der Waals surface area contributed by atoms with Gasteiger partial charge in [0.1, 0.15) is 5.78 Å². The maximum absolute atomic E-state index is 11.5. The second kappa shape index (κ2) is 6.66. The molecule has 0 aliphatic heterocycles. The van der Waals surface area contributed by atoms with E-state index in [4.69, 9.17) is 0 Å². The van der Waals surface area contributed by atoms with E-state index in [2.05, 4.69) is 17.4 Å². The first kappa shape index (κ1) is 14.0. The van der Waals surface area contributed by atoms with Gasteiger partial charge < -0.3 is 5.32 Å². The van der Waals surface area contributed by atoms with Crippen molar-refractivity contribution in [2.45, 2.75) is 19.8 Å². The summed E-state index contributed by atoms with van der Waals surface area (Å²) in [6.07, 6.45) is 0.786. The van der Waals surface area contributed by atoms with E-state index in [0.29, 0.717) is 5.69 Å². The maximum atomic E-state index is 11.5. The van der Waals surface area contributed by atoms with Crippen molar-refractivity contribution in [3.63, 3.8) is 0 Å². The Kier molecular flexibility index (Phi) is 4.66. The maximum Gasteiger partial charge on any atom is 0.231 e. The summed E-state index contributed by atoms with van der Waals surface area (Å²) < 4.78 is 0. The number of ketones is 1. The van der Waals surface area contributed by atoms with E-state index >= 15 is 0 Å². The van der Waals surface area contributed by atoms with Crippen LogP contribution in [0.25, 0.3) is 0 Å². The molecule has 0 aromatic heterocycles. The molecular formula is C17H17NO2. The Labute approximate surface area is 118 Å². The van der Waals surface area contributed by atoms with Gasteiger partial charge in [-0.25, -0.2) is 0 Å². The zero-order chi connectivity index (χ0) is 14.4. The number of hydrogen-bond donors (Lipinski definition) is 1. The van der Waals surface area contributed by atoms with Crippen molar-refractivity contribution < 1.29 is 9.59 Å². The zero-order valence-electron chi connectivity index (χ0n) is 11.4. The molecular weight excluding hydrogens is 250 g/mol. The number of rotatable bonds is 5. The van der Waals surface area contributed by atoms with Crippen LogP contribution >= 0.6 is 0 Å². The van der Waals surface area contributed by atoms with E-state index in [1.807, 2.05) is 42.5 Å². The summed E-state index contributed by atoms with van der Waals surface area (Å²) in [4.78, 5) is 22.3. The van der Waals surface area contributed by atoms with Gasteiger partial charge in [-0.15, -0.1) is 0 Å². The van der Waals surface area contributed by atoms with Gasteiger partial charge in [0.05, 0.1) is 6.42 Å². The van der Waals surface area contributed by atoms with E-state index in [1.54, 1.807) is 0 Å². The summed E-state index contributed by atoms with van der Waals surface area (Å²) in [6, 6.07) is 17.9. The normalized spacial score (nSPS) is 10.1. The van der Waals surface area contributed by atoms with Gasteiger partial charge in [0.2, 0.25) is 5.91 Å². The molecule has 0 saturated carbocycles. The van der Waals surface area contributed by atoms with Crippen molar-refractivity contribution in [1.82, 2.24) is 0 Å². The molecule has 1 amide bonds. The molecule has 1 N–H and O–H groups in total. The molecule has 3 heteroatoms. The Bertz CT molecular complexity index is 588. The highest BCUT2D eigenvalue weighted by atomic mass is 16.2. The molecule has 3 nitrogen and oxygen atoms in total. The van der Waals surface area contributed by atoms with Gasteiger partial charge in [0.25, 0.3) is 0 Å². The van der Waals surface area contributed by atoms with Crippen LogP contribution in [0.5, 0.6) is 0 Å². The van der Waals surface area contributed by atoms with E-state index < -0.39 is 0 Å². The molecule has 0 bridgehead atoms. The summed E-state index contributed by atoms with van der Waals surface area (Å²) in [5, 5.41) is 2.70. The van der Waals surface area contributed by atoms with Gasteiger partial charge >= 0.3 is 0 Å². The second-order valence-corrected chi connectivity index (χ2v) is 4.79. The summed E-state index contributed by atoms with van der Waals surface area (Å²) in [5.74, 6) is -0.406. The van der Waals surface area contributed by atoms with Crippen LogP contribution in [-0.2, 0) is 16.0 Å². The average Bonchev–Trinajstić information content (AvgIpc) is 2.41. The summed E-state index contributed by atoms with van der Waals surface area (Å²) in [7, 11) is 0. The SMILES string of the molecule is CC(=O)CC(=O)Nc1ccc(Cc2ccccc2)cc1. The van der Waals surface area contributed by atoms with Crippen LogP contribution in [0, 0.1) is 0 Å². The highest BCUT2D eigenvalue weighted by molar-refractivity contribution is 6.03. The minimum atomic E-state index is -0.270. The summed E-state index contributed by atoms with van der Waals surface area (Å²) >= 11 is 0. The lowest BCUT2D eigenvalue weighted by Crippen LogP contribution is -2.14. The van der Waals surface area contributed by atoms with E-state index in [9.17, 15) is 9.59 Å². The average molecular weight is 267 g/mol. The predicted molar refractivity (Wildman–Crippen MR) is 79.6 cm³/mol. The number of anilines is 1. The van der Waals surface area contributed by atoms with Gasteiger partial charge in [-0.1, -0.05) is 42.5 Å². The first-order valence-electron chi connectivity index (χ1n) is 6.55. The molecule has 0 unspecified atom stereocenters. The molecule has 0 aliphatic carbocycles. The van der Waals surface area contributed by atoms with Crippen molar-refractivity contribution in [3.8, 4) is 0 Å². The van der Waals surface area contributed by atoms with Crippen LogP contribution in [-0.4, -0.2) is 11.7 Å². The number of amides is 1. The largest absolute Gasteiger partial charge is 0.326 e. The van der Waals surface area contributed by atoms with Crippen LogP contribution in [0.1, 0.15) is 24.5 Å². The van der Waals surface area contributed by atoms with Crippen LogP contribution in [0.4, 0.5) is 5.69 Å². The summed E-state index contributed by atoms with van der Waals surface area (Å²) in [5.41, 5.74) is 3.15. The Morgan fingerprint density at radius 2 is 1.50 bits per heavy atom. The van der Waals surface area contributed by atoms with Crippen LogP contribution in [0.3, 0.4) is 0 Å². The van der Waals surface area contributed by atoms with E-state index in [-0.39, 0.29) is 18.1 Å². The molecule has 0 atom stereocenters. The molecule has 0 spiro atoms. The standard InChI is InChI=1S/C17H17NO2/c1-13(19)11-17(20)18-16-9-7-15(8-10-16)12-14-5-3-2-4-6-14/h2-10H,11-12H2,1H3,(H,18,20). The van der Waals surface area contributed by atoms with Crippen LogP contribution in [0.2, 0.25) is 0 Å². The van der Waals surface area contributed by atoms with Crippen molar-refractivity contribution in [2.24, 2.45) is 0 Å². The third kappa shape index (κ3) is 4.35. The fraction of sp³-hybridized carbons (Fsp3) is 0.176. The zero-order valence-corrected chi connectivity index (χ0v) is 11.4. The van der Waals surface area contributed by atoms with E-state index in [0.717, 1.165) is 6.42 Å². The van der Waals surface area contributed by atoms with E-state index in [1.165, 1.54) is 18.1 Å². The van der Waals surface area contributed by atoms with Gasteiger partial charge in [0.15, 0.2) is 0 Å². The van der Waals surface area contributed by atoms with Gasteiger partial charge in [-0.3, -0.25) is 9.59 Å². The Morgan fingerprint density at radius 3 is 2.10 bits per heavy atom. The molecule has 0 saturated heterocycles. The minimum absolute atomic E-state index is 0.0776. The van der Waals surface area contributed by atoms with Gasteiger partial charge in [-0.05, 0) is 36.6 Å². The van der Waals surface area contributed by atoms with Gasteiger partial charge in [0, 0.05) is 5.69 Å². The summed E-state index contributed by atoms with van der Waals surface area (Å²) in [6.45, 7) is 1.41. The van der Waals surface area contributed by atoms with Crippen molar-refractivity contribution in [3.05, 3.63) is 65.7 Å². The molecule has 102 valence electrons. The highest BCUT2D eigenvalue weighted by Crippen LogP contribution is 2.13. The predicted octanol–water partition coefficient (Wildman–Crippen LogP) is 3.20. The third-order valence-electron chi connectivity index (χ3n) is 2.90. The number of benzene rings is 2. The third-order valence-corrected chi connectivity index (χ3v) is 2.90. The lowest BCUT2D eigenvalue weighted by Gasteiger charge is -2.06. The minimum Gasteiger partial charge on any atom is -0.326 e. The Balaban J connectivity index is 1.96. The lowest BCUT2D eigenvalue weighted by atomic mass is 10.0. The molecule has 2 aromatic carbocycles.